The molecule has 0 aliphatic heterocycles. The second-order valence-corrected chi connectivity index (χ2v) is 4.50. The molecule has 2 rings (SSSR count). The molecule has 2 heterocycles. The van der Waals surface area contributed by atoms with E-state index in [2.05, 4.69) is 21.2 Å². The van der Waals surface area contributed by atoms with E-state index in [1.807, 2.05) is 0 Å². The summed E-state index contributed by atoms with van der Waals surface area (Å²) in [4.78, 5) is 11.6. The maximum absolute atomic E-state index is 11.6. The summed E-state index contributed by atoms with van der Waals surface area (Å²) in [7, 11) is 0. The fraction of sp³-hybridized carbons (Fsp3) is 0.250. The third-order valence-corrected chi connectivity index (χ3v) is 2.85. The van der Waals surface area contributed by atoms with Gasteiger partial charge in [0, 0.05) is 12.1 Å². The Labute approximate surface area is 112 Å². The molecule has 96 valence electrons. The summed E-state index contributed by atoms with van der Waals surface area (Å²) in [5.74, 6) is -0.0697. The normalized spacial score (nSPS) is 12.3. The number of halogens is 1. The molecule has 2 aromatic heterocycles. The molecule has 18 heavy (non-hydrogen) atoms. The summed E-state index contributed by atoms with van der Waals surface area (Å²) >= 11 is 3.12. The van der Waals surface area contributed by atoms with Gasteiger partial charge in [-0.1, -0.05) is 0 Å². The molecule has 1 atom stereocenters. The molecule has 0 fully saturated rings. The van der Waals surface area contributed by atoms with Crippen molar-refractivity contribution in [3.63, 3.8) is 0 Å². The molecule has 0 aliphatic rings. The number of carbonyl (C=O) groups is 1. The molecule has 2 N–H and O–H groups in total. The van der Waals surface area contributed by atoms with E-state index >= 15 is 0 Å². The van der Waals surface area contributed by atoms with E-state index in [0.717, 1.165) is 0 Å². The molecule has 0 saturated carbocycles. The van der Waals surface area contributed by atoms with Crippen LogP contribution in [0.5, 0.6) is 0 Å². The number of aliphatic hydroxyl groups excluding tert-OH is 1. The summed E-state index contributed by atoms with van der Waals surface area (Å²) < 4.78 is 10.5. The van der Waals surface area contributed by atoms with Crippen molar-refractivity contribution in [2.75, 3.05) is 6.54 Å². The lowest BCUT2D eigenvalue weighted by Crippen LogP contribution is -2.25. The van der Waals surface area contributed by atoms with E-state index in [1.54, 1.807) is 18.2 Å². The van der Waals surface area contributed by atoms with Gasteiger partial charge in [0.2, 0.25) is 0 Å². The Balaban J connectivity index is 1.77. The molecule has 0 aromatic carbocycles. The van der Waals surface area contributed by atoms with Crippen LogP contribution in [0.2, 0.25) is 0 Å². The molecule has 0 spiro atoms. The lowest BCUT2D eigenvalue weighted by Gasteiger charge is -2.08. The van der Waals surface area contributed by atoms with E-state index in [1.165, 1.54) is 12.5 Å². The van der Waals surface area contributed by atoms with Crippen LogP contribution in [0.4, 0.5) is 0 Å². The smallest absolute Gasteiger partial charge is 0.287 e. The number of aliphatic hydroxyl groups is 1. The zero-order valence-electron chi connectivity index (χ0n) is 9.43. The van der Waals surface area contributed by atoms with Crippen molar-refractivity contribution in [1.29, 1.82) is 0 Å². The van der Waals surface area contributed by atoms with Gasteiger partial charge in [-0.05, 0) is 40.5 Å². The Bertz CT molecular complexity index is 506. The maximum atomic E-state index is 11.6. The monoisotopic (exact) mass is 313 g/mol. The van der Waals surface area contributed by atoms with Crippen molar-refractivity contribution >= 4 is 21.8 Å². The Morgan fingerprint density at radius 3 is 2.89 bits per heavy atom. The van der Waals surface area contributed by atoms with Crippen molar-refractivity contribution in [2.45, 2.75) is 12.5 Å². The first-order valence-electron chi connectivity index (χ1n) is 5.40. The van der Waals surface area contributed by atoms with Gasteiger partial charge in [-0.2, -0.15) is 0 Å². The van der Waals surface area contributed by atoms with Gasteiger partial charge in [0.1, 0.15) is 0 Å². The van der Waals surface area contributed by atoms with Gasteiger partial charge in [0.25, 0.3) is 5.91 Å². The van der Waals surface area contributed by atoms with Crippen LogP contribution in [0.15, 0.2) is 44.2 Å². The van der Waals surface area contributed by atoms with Crippen LogP contribution >= 0.6 is 15.9 Å². The number of furan rings is 2. The maximum Gasteiger partial charge on any atom is 0.287 e. The second-order valence-electron chi connectivity index (χ2n) is 3.72. The highest BCUT2D eigenvalue weighted by molar-refractivity contribution is 9.10. The molecule has 0 bridgehead atoms. The first-order valence-corrected chi connectivity index (χ1v) is 6.20. The summed E-state index contributed by atoms with van der Waals surface area (Å²) in [6.07, 6.45) is 2.74. The minimum atomic E-state index is -0.646. The second kappa shape index (κ2) is 5.88. The van der Waals surface area contributed by atoms with Gasteiger partial charge < -0.3 is 19.3 Å². The molecule has 1 amide bonds. The molecule has 0 aliphatic carbocycles. The molecule has 5 nitrogen and oxygen atoms in total. The summed E-state index contributed by atoms with van der Waals surface area (Å²) in [6.45, 7) is 0.351. The Morgan fingerprint density at radius 1 is 1.44 bits per heavy atom. The SMILES string of the molecule is O=C(NCC[C@@H](O)c1ccoc1)c1ccc(Br)o1. The summed E-state index contributed by atoms with van der Waals surface area (Å²) in [5, 5.41) is 12.4. The fourth-order valence-electron chi connectivity index (χ4n) is 1.48. The number of hydrogen-bond acceptors (Lipinski definition) is 4. The van der Waals surface area contributed by atoms with Crippen molar-refractivity contribution in [3.05, 3.63) is 46.7 Å². The first kappa shape index (κ1) is 12.9. The van der Waals surface area contributed by atoms with Crippen molar-refractivity contribution < 1.29 is 18.7 Å². The van der Waals surface area contributed by atoms with Crippen LogP contribution < -0.4 is 5.32 Å². The van der Waals surface area contributed by atoms with E-state index in [0.29, 0.717) is 23.2 Å². The van der Waals surface area contributed by atoms with Crippen LogP contribution in [0.1, 0.15) is 28.6 Å². The number of carbonyl (C=O) groups excluding carboxylic acids is 1. The van der Waals surface area contributed by atoms with Crippen molar-refractivity contribution in [1.82, 2.24) is 5.32 Å². The summed E-state index contributed by atoms with van der Waals surface area (Å²) in [5.41, 5.74) is 0.699. The van der Waals surface area contributed by atoms with Gasteiger partial charge in [-0.15, -0.1) is 0 Å². The molecule has 0 unspecified atom stereocenters. The van der Waals surface area contributed by atoms with Crippen LogP contribution in [0.3, 0.4) is 0 Å². The minimum Gasteiger partial charge on any atom is -0.472 e. The lowest BCUT2D eigenvalue weighted by molar-refractivity contribution is 0.0913. The first-order chi connectivity index (χ1) is 8.66. The van der Waals surface area contributed by atoms with Gasteiger partial charge in [0.05, 0.1) is 18.6 Å². The molecule has 6 heteroatoms. The zero-order chi connectivity index (χ0) is 13.0. The standard InChI is InChI=1S/C12H12BrNO4/c13-11-2-1-10(18-11)12(16)14-5-3-9(15)8-4-6-17-7-8/h1-2,4,6-7,9,15H,3,5H2,(H,14,16)/t9-/m1/s1. The third-order valence-electron chi connectivity index (χ3n) is 2.43. The largest absolute Gasteiger partial charge is 0.472 e. The fourth-order valence-corrected chi connectivity index (χ4v) is 1.78. The topological polar surface area (TPSA) is 75.6 Å². The highest BCUT2D eigenvalue weighted by Gasteiger charge is 2.12. The van der Waals surface area contributed by atoms with Crippen LogP contribution in [0.25, 0.3) is 0 Å². The molecule has 0 saturated heterocycles. The zero-order valence-corrected chi connectivity index (χ0v) is 11.0. The summed E-state index contributed by atoms with van der Waals surface area (Å²) in [6, 6.07) is 4.91. The predicted octanol–water partition coefficient (Wildman–Crippen LogP) is 2.49. The Morgan fingerprint density at radius 2 is 2.28 bits per heavy atom. The third kappa shape index (κ3) is 3.24. The van der Waals surface area contributed by atoms with Gasteiger partial charge in [-0.25, -0.2) is 0 Å². The number of rotatable bonds is 5. The average Bonchev–Trinajstić information content (AvgIpc) is 2.99. The minimum absolute atomic E-state index is 0.236. The van der Waals surface area contributed by atoms with Crippen molar-refractivity contribution in [2.24, 2.45) is 0 Å². The van der Waals surface area contributed by atoms with E-state index in [-0.39, 0.29) is 11.7 Å². The molecule has 0 radical (unpaired) electrons. The predicted molar refractivity (Wildman–Crippen MR) is 67.0 cm³/mol. The highest BCUT2D eigenvalue weighted by Crippen LogP contribution is 2.16. The number of nitrogens with one attached hydrogen (secondary N) is 1. The molecular weight excluding hydrogens is 302 g/mol. The van der Waals surface area contributed by atoms with E-state index in [9.17, 15) is 9.90 Å². The van der Waals surface area contributed by atoms with Crippen LogP contribution in [0, 0.1) is 0 Å². The highest BCUT2D eigenvalue weighted by atomic mass is 79.9. The van der Waals surface area contributed by atoms with Gasteiger partial charge in [-0.3, -0.25) is 4.79 Å². The van der Waals surface area contributed by atoms with E-state index < -0.39 is 6.10 Å². The number of amides is 1. The number of hydrogen-bond donors (Lipinski definition) is 2. The van der Waals surface area contributed by atoms with Gasteiger partial charge >= 0.3 is 0 Å². The molecular formula is C12H12BrNO4. The molecule has 2 aromatic rings. The van der Waals surface area contributed by atoms with Crippen LogP contribution in [-0.4, -0.2) is 17.6 Å². The lowest BCUT2D eigenvalue weighted by atomic mass is 10.1. The Kier molecular flexibility index (Phi) is 4.22. The van der Waals surface area contributed by atoms with Crippen molar-refractivity contribution in [3.8, 4) is 0 Å². The van der Waals surface area contributed by atoms with Gasteiger partial charge in [0.15, 0.2) is 10.4 Å². The average molecular weight is 314 g/mol. The quantitative estimate of drug-likeness (QED) is 0.889. The van der Waals surface area contributed by atoms with E-state index in [4.69, 9.17) is 8.83 Å². The van der Waals surface area contributed by atoms with Crippen LogP contribution in [-0.2, 0) is 0 Å². The Hall–Kier alpha value is -1.53.